The molecule has 4 aromatic rings. The van der Waals surface area contributed by atoms with Crippen LogP contribution in [-0.2, 0) is 13.1 Å². The molecular formula is C21H19N5O. The van der Waals surface area contributed by atoms with E-state index < -0.39 is 0 Å². The molecule has 0 fully saturated rings. The van der Waals surface area contributed by atoms with Crippen LogP contribution in [0.2, 0.25) is 0 Å². The summed E-state index contributed by atoms with van der Waals surface area (Å²) >= 11 is 0. The molecule has 1 N–H and O–H groups in total. The largest absolute Gasteiger partial charge is 0.439 e. The molecule has 0 amide bonds. The Bertz CT molecular complexity index is 986. The Balaban J connectivity index is 1.43. The molecule has 0 spiro atoms. The molecule has 0 aliphatic carbocycles. The molecule has 134 valence electrons. The molecule has 0 saturated heterocycles. The van der Waals surface area contributed by atoms with Crippen LogP contribution in [0.5, 0.6) is 11.6 Å². The van der Waals surface area contributed by atoms with E-state index in [4.69, 9.17) is 4.74 Å². The minimum Gasteiger partial charge on any atom is -0.439 e. The number of para-hydroxylation sites is 1. The number of rotatable bonds is 7. The van der Waals surface area contributed by atoms with Crippen molar-refractivity contribution in [2.75, 3.05) is 0 Å². The first-order valence-electron chi connectivity index (χ1n) is 8.71. The van der Waals surface area contributed by atoms with Gasteiger partial charge >= 0.3 is 0 Å². The number of aromatic nitrogens is 4. The second-order valence-corrected chi connectivity index (χ2v) is 5.90. The van der Waals surface area contributed by atoms with Gasteiger partial charge in [-0.3, -0.25) is 4.57 Å². The third kappa shape index (κ3) is 4.19. The van der Waals surface area contributed by atoms with Crippen molar-refractivity contribution in [2.45, 2.75) is 13.1 Å². The molecule has 0 radical (unpaired) electrons. The highest BCUT2D eigenvalue weighted by atomic mass is 16.5. The van der Waals surface area contributed by atoms with E-state index in [1.165, 1.54) is 0 Å². The van der Waals surface area contributed by atoms with E-state index in [2.05, 4.69) is 20.3 Å². The van der Waals surface area contributed by atoms with Crippen LogP contribution in [0.1, 0.15) is 11.3 Å². The Morgan fingerprint density at radius 3 is 2.44 bits per heavy atom. The zero-order chi connectivity index (χ0) is 18.3. The first kappa shape index (κ1) is 16.9. The van der Waals surface area contributed by atoms with Crippen LogP contribution >= 0.6 is 0 Å². The topological polar surface area (TPSA) is 64.9 Å². The molecule has 0 atom stereocenters. The van der Waals surface area contributed by atoms with Crippen LogP contribution in [-0.4, -0.2) is 19.5 Å². The summed E-state index contributed by atoms with van der Waals surface area (Å²) in [5.41, 5.74) is 2.08. The standard InChI is InChI=1S/C21H19N5O/c1-2-9-19(10-3-1)27-20-17(7-4-11-23-20)15-22-16-18-8-5-14-26(18)21-24-12-6-13-25-21/h1-14,22H,15-16H2. The van der Waals surface area contributed by atoms with Gasteiger partial charge < -0.3 is 10.1 Å². The number of hydrogen-bond donors (Lipinski definition) is 1. The summed E-state index contributed by atoms with van der Waals surface area (Å²) in [5.74, 6) is 2.04. The van der Waals surface area contributed by atoms with Crippen molar-refractivity contribution in [2.24, 2.45) is 0 Å². The quantitative estimate of drug-likeness (QED) is 0.546. The van der Waals surface area contributed by atoms with E-state index in [9.17, 15) is 0 Å². The van der Waals surface area contributed by atoms with E-state index in [0.29, 0.717) is 24.9 Å². The first-order chi connectivity index (χ1) is 13.4. The zero-order valence-electron chi connectivity index (χ0n) is 14.7. The Morgan fingerprint density at radius 1 is 0.778 bits per heavy atom. The van der Waals surface area contributed by atoms with E-state index in [1.54, 1.807) is 18.6 Å². The summed E-state index contributed by atoms with van der Waals surface area (Å²) in [6.07, 6.45) is 7.17. The third-order valence-corrected chi connectivity index (χ3v) is 4.03. The van der Waals surface area contributed by atoms with E-state index in [0.717, 1.165) is 17.0 Å². The van der Waals surface area contributed by atoms with E-state index in [1.807, 2.05) is 71.4 Å². The van der Waals surface area contributed by atoms with Crippen molar-refractivity contribution in [1.29, 1.82) is 0 Å². The smallest absolute Gasteiger partial charge is 0.233 e. The summed E-state index contributed by atoms with van der Waals surface area (Å²) in [6, 6.07) is 19.4. The monoisotopic (exact) mass is 357 g/mol. The van der Waals surface area contributed by atoms with E-state index in [-0.39, 0.29) is 0 Å². The molecule has 0 bridgehead atoms. The molecular weight excluding hydrogens is 338 g/mol. The zero-order valence-corrected chi connectivity index (χ0v) is 14.7. The number of nitrogens with one attached hydrogen (secondary N) is 1. The van der Waals surface area contributed by atoms with E-state index >= 15 is 0 Å². The number of benzene rings is 1. The summed E-state index contributed by atoms with van der Waals surface area (Å²) in [7, 11) is 0. The Morgan fingerprint density at radius 2 is 1.59 bits per heavy atom. The number of hydrogen-bond acceptors (Lipinski definition) is 5. The lowest BCUT2D eigenvalue weighted by molar-refractivity contribution is 0.452. The van der Waals surface area contributed by atoms with Crippen LogP contribution in [0, 0.1) is 0 Å². The fourth-order valence-corrected chi connectivity index (χ4v) is 2.75. The second kappa shape index (κ2) is 8.25. The van der Waals surface area contributed by atoms with Gasteiger partial charge in [0.1, 0.15) is 5.75 Å². The van der Waals surface area contributed by atoms with Gasteiger partial charge in [-0.05, 0) is 36.4 Å². The summed E-state index contributed by atoms with van der Waals surface area (Å²) in [4.78, 5) is 13.0. The molecule has 27 heavy (non-hydrogen) atoms. The fourth-order valence-electron chi connectivity index (χ4n) is 2.75. The number of pyridine rings is 1. The summed E-state index contributed by atoms with van der Waals surface area (Å²) < 4.78 is 7.88. The molecule has 3 heterocycles. The highest BCUT2D eigenvalue weighted by molar-refractivity contribution is 5.32. The van der Waals surface area contributed by atoms with Gasteiger partial charge in [0.05, 0.1) is 0 Å². The van der Waals surface area contributed by atoms with Crippen LogP contribution in [0.4, 0.5) is 0 Å². The molecule has 4 rings (SSSR count). The minimum atomic E-state index is 0.609. The summed E-state index contributed by atoms with van der Waals surface area (Å²) in [5, 5.41) is 3.44. The highest BCUT2D eigenvalue weighted by Crippen LogP contribution is 2.22. The number of ether oxygens (including phenoxy) is 1. The molecule has 3 aromatic heterocycles. The molecule has 1 aromatic carbocycles. The fraction of sp³-hybridized carbons (Fsp3) is 0.0952. The van der Waals surface area contributed by atoms with Crippen molar-refractivity contribution >= 4 is 0 Å². The van der Waals surface area contributed by atoms with Gasteiger partial charge in [0.15, 0.2) is 0 Å². The van der Waals surface area contributed by atoms with Gasteiger partial charge in [0, 0.05) is 49.1 Å². The molecule has 0 saturated carbocycles. The molecule has 6 nitrogen and oxygen atoms in total. The number of nitrogens with zero attached hydrogens (tertiary/aromatic N) is 4. The van der Waals surface area contributed by atoms with Crippen LogP contribution < -0.4 is 10.1 Å². The van der Waals surface area contributed by atoms with Gasteiger partial charge in [0.2, 0.25) is 11.8 Å². The third-order valence-electron chi connectivity index (χ3n) is 4.03. The summed E-state index contributed by atoms with van der Waals surface area (Å²) in [6.45, 7) is 1.31. The van der Waals surface area contributed by atoms with Gasteiger partial charge in [0.25, 0.3) is 0 Å². The molecule has 0 aliphatic heterocycles. The Labute approximate surface area is 157 Å². The minimum absolute atomic E-state index is 0.609. The Kier molecular flexibility index (Phi) is 5.17. The first-order valence-corrected chi connectivity index (χ1v) is 8.71. The van der Waals surface area contributed by atoms with Crippen molar-refractivity contribution in [3.05, 3.63) is 96.7 Å². The van der Waals surface area contributed by atoms with Crippen molar-refractivity contribution in [3.8, 4) is 17.6 Å². The van der Waals surface area contributed by atoms with Gasteiger partial charge in [-0.2, -0.15) is 0 Å². The maximum Gasteiger partial charge on any atom is 0.233 e. The predicted octanol–water partition coefficient (Wildman–Crippen LogP) is 3.74. The molecule has 0 aliphatic rings. The van der Waals surface area contributed by atoms with Gasteiger partial charge in [-0.25, -0.2) is 15.0 Å². The average Bonchev–Trinajstić information content (AvgIpc) is 3.19. The average molecular weight is 357 g/mol. The second-order valence-electron chi connectivity index (χ2n) is 5.90. The Hall–Kier alpha value is -3.51. The van der Waals surface area contributed by atoms with Crippen LogP contribution in [0.25, 0.3) is 5.95 Å². The lowest BCUT2D eigenvalue weighted by Crippen LogP contribution is -2.16. The molecule has 6 heteroatoms. The lowest BCUT2D eigenvalue weighted by atomic mass is 10.2. The predicted molar refractivity (Wildman–Crippen MR) is 103 cm³/mol. The SMILES string of the molecule is c1ccc(Oc2ncccc2CNCc2cccn2-c2ncccn2)cc1. The van der Waals surface area contributed by atoms with Crippen LogP contribution in [0.3, 0.4) is 0 Å². The normalized spacial score (nSPS) is 10.7. The lowest BCUT2D eigenvalue weighted by Gasteiger charge is -2.11. The molecule has 0 unspecified atom stereocenters. The van der Waals surface area contributed by atoms with Crippen molar-refractivity contribution in [1.82, 2.24) is 24.8 Å². The van der Waals surface area contributed by atoms with Gasteiger partial charge in [-0.15, -0.1) is 0 Å². The van der Waals surface area contributed by atoms with Crippen molar-refractivity contribution < 1.29 is 4.74 Å². The maximum absolute atomic E-state index is 5.91. The van der Waals surface area contributed by atoms with Crippen molar-refractivity contribution in [3.63, 3.8) is 0 Å². The highest BCUT2D eigenvalue weighted by Gasteiger charge is 2.08. The maximum atomic E-state index is 5.91. The van der Waals surface area contributed by atoms with Gasteiger partial charge in [-0.1, -0.05) is 24.3 Å². The van der Waals surface area contributed by atoms with Crippen LogP contribution in [0.15, 0.2) is 85.5 Å².